The number of hydrogen-bond donors (Lipinski definition) is 2. The summed E-state index contributed by atoms with van der Waals surface area (Å²) in [6.45, 7) is 3.96. The summed E-state index contributed by atoms with van der Waals surface area (Å²) < 4.78 is 7.08. The number of amides is 1. The molecular weight excluding hydrogens is 332 g/mol. The quantitative estimate of drug-likeness (QED) is 0.727. The van der Waals surface area contributed by atoms with E-state index in [4.69, 9.17) is 10.5 Å². The summed E-state index contributed by atoms with van der Waals surface area (Å²) in [4.78, 5) is 20.9. The van der Waals surface area contributed by atoms with E-state index < -0.39 is 0 Å². The normalized spacial score (nSPS) is 10.9. The van der Waals surface area contributed by atoms with Crippen molar-refractivity contribution in [3.63, 3.8) is 0 Å². The number of pyridine rings is 2. The summed E-state index contributed by atoms with van der Waals surface area (Å²) in [6.07, 6.45) is 2.45. The minimum Gasteiger partial charge on any atom is -0.479 e. The molecule has 8 nitrogen and oxygen atoms in total. The number of aromatic nitrogens is 4. The molecule has 0 aliphatic rings. The van der Waals surface area contributed by atoms with Gasteiger partial charge >= 0.3 is 0 Å². The molecule has 3 rings (SSSR count). The van der Waals surface area contributed by atoms with Crippen molar-refractivity contribution < 1.29 is 9.53 Å². The first kappa shape index (κ1) is 17.7. The number of anilines is 2. The van der Waals surface area contributed by atoms with Crippen molar-refractivity contribution >= 4 is 28.4 Å². The van der Waals surface area contributed by atoms with Crippen LogP contribution < -0.4 is 15.8 Å². The molecule has 0 aliphatic heterocycles. The van der Waals surface area contributed by atoms with Crippen LogP contribution in [0.4, 0.5) is 11.5 Å². The number of nitrogen functional groups attached to an aromatic ring is 1. The number of fused-ring (bicyclic) bond motifs is 1. The van der Waals surface area contributed by atoms with Crippen molar-refractivity contribution in [2.24, 2.45) is 7.05 Å². The maximum atomic E-state index is 12.3. The number of hydrogen-bond acceptors (Lipinski definition) is 6. The Morgan fingerprint density at radius 1 is 1.35 bits per heavy atom. The van der Waals surface area contributed by atoms with Gasteiger partial charge in [0.25, 0.3) is 0 Å². The molecule has 0 spiro atoms. The molecule has 3 aromatic heterocycles. The molecule has 0 aliphatic carbocycles. The van der Waals surface area contributed by atoms with Gasteiger partial charge in [-0.05, 0) is 43.5 Å². The van der Waals surface area contributed by atoms with Gasteiger partial charge in [-0.2, -0.15) is 0 Å². The molecule has 0 aromatic carbocycles. The predicted molar refractivity (Wildman–Crippen MR) is 100 cm³/mol. The molecule has 3 heterocycles. The topological polar surface area (TPSA) is 108 Å². The number of ether oxygens (including phenoxy) is 1. The maximum absolute atomic E-state index is 12.3. The Labute approximate surface area is 151 Å². The highest BCUT2D eigenvalue weighted by Gasteiger charge is 2.18. The van der Waals surface area contributed by atoms with Gasteiger partial charge in [0.1, 0.15) is 5.82 Å². The molecule has 0 unspecified atom stereocenters. The number of aryl methyl sites for hydroxylation is 3. The van der Waals surface area contributed by atoms with Gasteiger partial charge in [0.2, 0.25) is 11.8 Å². The van der Waals surface area contributed by atoms with Crippen LogP contribution in [-0.4, -0.2) is 32.8 Å². The highest BCUT2D eigenvalue weighted by atomic mass is 16.5. The lowest BCUT2D eigenvalue weighted by atomic mass is 10.00. The van der Waals surface area contributed by atoms with Gasteiger partial charge in [0, 0.05) is 19.2 Å². The molecule has 8 heteroatoms. The van der Waals surface area contributed by atoms with E-state index in [2.05, 4.69) is 20.4 Å². The highest BCUT2D eigenvalue weighted by Crippen LogP contribution is 2.30. The summed E-state index contributed by atoms with van der Waals surface area (Å²) in [7, 11) is 3.43. The molecule has 0 fully saturated rings. The second kappa shape index (κ2) is 6.99. The fourth-order valence-corrected chi connectivity index (χ4v) is 3.05. The Morgan fingerprint density at radius 2 is 2.12 bits per heavy atom. The zero-order valence-corrected chi connectivity index (χ0v) is 15.3. The molecular formula is C18H22N6O2. The van der Waals surface area contributed by atoms with Crippen LogP contribution in [0.2, 0.25) is 0 Å². The zero-order chi connectivity index (χ0) is 18.8. The monoisotopic (exact) mass is 354 g/mol. The first-order chi connectivity index (χ1) is 12.4. The van der Waals surface area contributed by atoms with Crippen LogP contribution in [0.1, 0.15) is 23.2 Å². The minimum atomic E-state index is -0.0892. The number of carbonyl (C=O) groups is 1. The average Bonchev–Trinajstić information content (AvgIpc) is 2.93. The number of nitrogens with zero attached hydrogens (tertiary/aromatic N) is 4. The second-order valence-corrected chi connectivity index (χ2v) is 6.15. The Kier molecular flexibility index (Phi) is 4.75. The lowest BCUT2D eigenvalue weighted by Gasteiger charge is -2.11. The Morgan fingerprint density at radius 3 is 2.77 bits per heavy atom. The van der Waals surface area contributed by atoms with Gasteiger partial charge in [-0.3, -0.25) is 4.79 Å². The molecule has 0 bridgehead atoms. The van der Waals surface area contributed by atoms with Crippen LogP contribution in [0.15, 0.2) is 18.3 Å². The van der Waals surface area contributed by atoms with Crippen molar-refractivity contribution in [3.05, 3.63) is 35.2 Å². The van der Waals surface area contributed by atoms with E-state index in [0.717, 1.165) is 27.9 Å². The van der Waals surface area contributed by atoms with Gasteiger partial charge in [0.05, 0.1) is 24.4 Å². The highest BCUT2D eigenvalue weighted by molar-refractivity contribution is 5.91. The molecule has 0 saturated carbocycles. The van der Waals surface area contributed by atoms with Gasteiger partial charge in [-0.1, -0.05) is 0 Å². The summed E-state index contributed by atoms with van der Waals surface area (Å²) in [6, 6.07) is 3.38. The zero-order valence-electron chi connectivity index (χ0n) is 15.3. The summed E-state index contributed by atoms with van der Waals surface area (Å²) in [5.74, 6) is 0.874. The van der Waals surface area contributed by atoms with E-state index in [1.165, 1.54) is 6.20 Å². The number of rotatable bonds is 5. The third kappa shape index (κ3) is 3.30. The largest absolute Gasteiger partial charge is 0.479 e. The number of methoxy groups -OCH3 is 1. The lowest BCUT2D eigenvalue weighted by molar-refractivity contribution is -0.116. The van der Waals surface area contributed by atoms with Crippen molar-refractivity contribution in [2.45, 2.75) is 26.7 Å². The summed E-state index contributed by atoms with van der Waals surface area (Å²) in [5.41, 5.74) is 9.92. The first-order valence-corrected chi connectivity index (χ1v) is 8.29. The number of carbonyl (C=O) groups excluding carboxylic acids is 1. The van der Waals surface area contributed by atoms with Crippen LogP contribution in [0.5, 0.6) is 5.88 Å². The van der Waals surface area contributed by atoms with E-state index in [-0.39, 0.29) is 5.91 Å². The van der Waals surface area contributed by atoms with Gasteiger partial charge in [0.15, 0.2) is 5.65 Å². The van der Waals surface area contributed by atoms with Crippen LogP contribution in [-0.2, 0) is 18.3 Å². The average molecular weight is 354 g/mol. The third-order valence-electron chi connectivity index (χ3n) is 4.39. The second-order valence-electron chi connectivity index (χ2n) is 6.15. The third-order valence-corrected chi connectivity index (χ3v) is 4.39. The molecule has 0 radical (unpaired) electrons. The summed E-state index contributed by atoms with van der Waals surface area (Å²) >= 11 is 0. The van der Waals surface area contributed by atoms with Crippen molar-refractivity contribution in [1.82, 2.24) is 19.7 Å². The molecule has 3 N–H and O–H groups in total. The van der Waals surface area contributed by atoms with Gasteiger partial charge in [-0.25, -0.2) is 14.6 Å². The Balaban J connectivity index is 1.80. The van der Waals surface area contributed by atoms with E-state index in [0.29, 0.717) is 30.2 Å². The van der Waals surface area contributed by atoms with Crippen LogP contribution in [0.25, 0.3) is 11.0 Å². The SMILES string of the molecule is COc1nn(C)c2nc(C)c(CCC(=O)Nc3ccc(N)nc3)c(C)c12. The Bertz CT molecular complexity index is 962. The minimum absolute atomic E-state index is 0.0892. The van der Waals surface area contributed by atoms with Crippen LogP contribution in [0.3, 0.4) is 0 Å². The van der Waals surface area contributed by atoms with Crippen molar-refractivity contribution in [1.29, 1.82) is 0 Å². The van der Waals surface area contributed by atoms with Gasteiger partial charge in [-0.15, -0.1) is 5.10 Å². The maximum Gasteiger partial charge on any atom is 0.242 e. The fourth-order valence-electron chi connectivity index (χ4n) is 3.05. The Hall–Kier alpha value is -3.16. The first-order valence-electron chi connectivity index (χ1n) is 8.29. The molecule has 0 saturated heterocycles. The standard InChI is InChI=1S/C18H22N6O2/c1-10-13(6-8-15(25)22-12-5-7-14(19)20-9-12)11(2)21-17-16(10)18(26-4)23-24(17)3/h5,7,9H,6,8H2,1-4H3,(H2,19,20)(H,22,25). The van der Waals surface area contributed by atoms with E-state index in [1.54, 1.807) is 23.9 Å². The lowest BCUT2D eigenvalue weighted by Crippen LogP contribution is -2.13. The summed E-state index contributed by atoms with van der Waals surface area (Å²) in [5, 5.41) is 8.06. The molecule has 1 amide bonds. The number of nitrogens with two attached hydrogens (primary N) is 1. The van der Waals surface area contributed by atoms with Gasteiger partial charge < -0.3 is 15.8 Å². The number of nitrogens with one attached hydrogen (secondary N) is 1. The molecule has 26 heavy (non-hydrogen) atoms. The fraction of sp³-hybridized carbons (Fsp3) is 0.333. The van der Waals surface area contributed by atoms with E-state index in [9.17, 15) is 4.79 Å². The molecule has 3 aromatic rings. The van der Waals surface area contributed by atoms with Crippen molar-refractivity contribution in [3.8, 4) is 5.88 Å². The smallest absolute Gasteiger partial charge is 0.242 e. The van der Waals surface area contributed by atoms with E-state index in [1.807, 2.05) is 20.9 Å². The van der Waals surface area contributed by atoms with Crippen LogP contribution >= 0.6 is 0 Å². The van der Waals surface area contributed by atoms with Crippen molar-refractivity contribution in [2.75, 3.05) is 18.2 Å². The van der Waals surface area contributed by atoms with Crippen LogP contribution in [0, 0.1) is 13.8 Å². The predicted octanol–water partition coefficient (Wildman–Crippen LogP) is 2.14. The van der Waals surface area contributed by atoms with E-state index >= 15 is 0 Å². The molecule has 0 atom stereocenters. The molecule has 136 valence electrons.